The maximum Gasteiger partial charge on any atom is 0.191 e. The van der Waals surface area contributed by atoms with Crippen molar-refractivity contribution in [3.8, 4) is 0 Å². The summed E-state index contributed by atoms with van der Waals surface area (Å²) in [6, 6.07) is 4.83. The first kappa shape index (κ1) is 13.4. The van der Waals surface area contributed by atoms with Gasteiger partial charge in [-0.2, -0.15) is 0 Å². The van der Waals surface area contributed by atoms with E-state index in [0.717, 1.165) is 0 Å². The molecule has 0 amide bonds. The van der Waals surface area contributed by atoms with Crippen LogP contribution in [-0.4, -0.2) is 26.3 Å². The molecule has 1 heterocycles. The van der Waals surface area contributed by atoms with Crippen LogP contribution in [0, 0.1) is 0 Å². The minimum atomic E-state index is -0.0651. The highest BCUT2D eigenvalue weighted by atomic mass is 35.5. The Morgan fingerprint density at radius 2 is 2.22 bits per heavy atom. The molecule has 1 aromatic carbocycles. The summed E-state index contributed by atoms with van der Waals surface area (Å²) in [5.41, 5.74) is 0.468. The Morgan fingerprint density at radius 1 is 1.44 bits per heavy atom. The van der Waals surface area contributed by atoms with Crippen molar-refractivity contribution in [3.05, 3.63) is 40.1 Å². The fourth-order valence-electron chi connectivity index (χ4n) is 1.33. The third kappa shape index (κ3) is 3.04. The van der Waals surface area contributed by atoms with E-state index in [2.05, 4.69) is 10.2 Å². The van der Waals surface area contributed by atoms with Crippen molar-refractivity contribution >= 4 is 40.7 Å². The molecule has 0 bridgehead atoms. The highest BCUT2D eigenvalue weighted by molar-refractivity contribution is 7.99. The van der Waals surface area contributed by atoms with E-state index < -0.39 is 0 Å². The monoisotopic (exact) mass is 301 g/mol. The predicted octanol–water partition coefficient (Wildman–Crippen LogP) is 3.10. The minimum absolute atomic E-state index is 0.0651. The number of aryl methyl sites for hydroxylation is 1. The van der Waals surface area contributed by atoms with Gasteiger partial charge < -0.3 is 4.57 Å². The molecule has 0 unspecified atom stereocenters. The number of halogens is 2. The maximum atomic E-state index is 12.0. The average Bonchev–Trinajstić information content (AvgIpc) is 2.72. The van der Waals surface area contributed by atoms with E-state index in [1.807, 2.05) is 7.05 Å². The highest BCUT2D eigenvalue weighted by Crippen LogP contribution is 2.23. The van der Waals surface area contributed by atoms with Gasteiger partial charge in [-0.1, -0.05) is 35.0 Å². The Balaban J connectivity index is 2.06. The second-order valence-corrected chi connectivity index (χ2v) is 5.35. The fourth-order valence-corrected chi connectivity index (χ4v) is 2.61. The fraction of sp³-hybridized carbons (Fsp3) is 0.182. The number of carbonyl (C=O) groups excluding carboxylic acids is 1. The SMILES string of the molecule is Cn1cnnc1SCC(=O)c1ccc(Cl)cc1Cl. The molecule has 2 rings (SSSR count). The van der Waals surface area contributed by atoms with Crippen LogP contribution in [0.25, 0.3) is 0 Å². The number of rotatable bonds is 4. The van der Waals surface area contributed by atoms with Crippen LogP contribution in [0.4, 0.5) is 0 Å². The second kappa shape index (κ2) is 5.73. The zero-order valence-corrected chi connectivity index (χ0v) is 11.8. The van der Waals surface area contributed by atoms with Gasteiger partial charge in [-0.05, 0) is 18.2 Å². The molecule has 1 aromatic heterocycles. The van der Waals surface area contributed by atoms with Gasteiger partial charge in [0.25, 0.3) is 0 Å². The maximum absolute atomic E-state index is 12.0. The van der Waals surface area contributed by atoms with Crippen LogP contribution in [0.15, 0.2) is 29.7 Å². The molecule has 0 aliphatic carbocycles. The molecule has 0 atom stereocenters. The molecule has 0 aliphatic rings. The third-order valence-electron chi connectivity index (χ3n) is 2.23. The molecule has 0 saturated heterocycles. The molecular weight excluding hydrogens is 293 g/mol. The average molecular weight is 302 g/mol. The number of aromatic nitrogens is 3. The first-order valence-corrected chi connectivity index (χ1v) is 6.77. The normalized spacial score (nSPS) is 10.6. The van der Waals surface area contributed by atoms with E-state index in [1.54, 1.807) is 29.1 Å². The van der Waals surface area contributed by atoms with Gasteiger partial charge in [0.15, 0.2) is 10.9 Å². The van der Waals surface area contributed by atoms with Gasteiger partial charge in [-0.3, -0.25) is 4.79 Å². The number of nitrogens with zero attached hydrogens (tertiary/aromatic N) is 3. The number of hydrogen-bond acceptors (Lipinski definition) is 4. The van der Waals surface area contributed by atoms with Crippen LogP contribution in [0.2, 0.25) is 10.0 Å². The zero-order chi connectivity index (χ0) is 13.1. The number of carbonyl (C=O) groups is 1. The molecular formula is C11H9Cl2N3OS. The standard InChI is InChI=1S/C11H9Cl2N3OS/c1-16-6-14-15-11(16)18-5-10(17)8-3-2-7(12)4-9(8)13/h2-4,6H,5H2,1H3. The minimum Gasteiger partial charge on any atom is -0.312 e. The summed E-state index contributed by atoms with van der Waals surface area (Å²) in [6.07, 6.45) is 1.59. The predicted molar refractivity (Wildman–Crippen MR) is 72.5 cm³/mol. The lowest BCUT2D eigenvalue weighted by atomic mass is 10.1. The number of thioether (sulfide) groups is 1. The lowest BCUT2D eigenvalue weighted by Crippen LogP contribution is -2.04. The molecule has 0 spiro atoms. The summed E-state index contributed by atoms with van der Waals surface area (Å²) < 4.78 is 1.75. The second-order valence-electron chi connectivity index (χ2n) is 3.56. The van der Waals surface area contributed by atoms with Crippen LogP contribution in [-0.2, 0) is 7.05 Å². The van der Waals surface area contributed by atoms with Gasteiger partial charge in [0.05, 0.1) is 10.8 Å². The summed E-state index contributed by atoms with van der Waals surface area (Å²) in [6.45, 7) is 0. The lowest BCUT2D eigenvalue weighted by molar-refractivity contribution is 0.102. The Morgan fingerprint density at radius 3 is 2.83 bits per heavy atom. The van der Waals surface area contributed by atoms with Gasteiger partial charge in [-0.15, -0.1) is 10.2 Å². The molecule has 0 fully saturated rings. The first-order valence-electron chi connectivity index (χ1n) is 5.03. The first-order chi connectivity index (χ1) is 8.58. The van der Waals surface area contributed by atoms with Gasteiger partial charge in [0.2, 0.25) is 0 Å². The summed E-state index contributed by atoms with van der Waals surface area (Å²) in [5, 5.41) is 9.19. The molecule has 94 valence electrons. The summed E-state index contributed by atoms with van der Waals surface area (Å²) in [7, 11) is 1.82. The van der Waals surface area contributed by atoms with Crippen LogP contribution < -0.4 is 0 Å². The topological polar surface area (TPSA) is 47.8 Å². The van der Waals surface area contributed by atoms with E-state index in [9.17, 15) is 4.79 Å². The van der Waals surface area contributed by atoms with Crippen molar-refractivity contribution in [2.45, 2.75) is 5.16 Å². The number of ketones is 1. The van der Waals surface area contributed by atoms with E-state index in [0.29, 0.717) is 20.8 Å². The van der Waals surface area contributed by atoms with Crippen LogP contribution >= 0.6 is 35.0 Å². The van der Waals surface area contributed by atoms with E-state index in [-0.39, 0.29) is 11.5 Å². The smallest absolute Gasteiger partial charge is 0.191 e. The van der Waals surface area contributed by atoms with Crippen molar-refractivity contribution in [1.29, 1.82) is 0 Å². The number of hydrogen-bond donors (Lipinski definition) is 0. The van der Waals surface area contributed by atoms with E-state index >= 15 is 0 Å². The van der Waals surface area contributed by atoms with Gasteiger partial charge in [-0.25, -0.2) is 0 Å². The molecule has 4 nitrogen and oxygen atoms in total. The molecule has 0 saturated carbocycles. The Bertz CT molecular complexity index is 585. The lowest BCUT2D eigenvalue weighted by Gasteiger charge is -2.03. The van der Waals surface area contributed by atoms with Crippen molar-refractivity contribution in [3.63, 3.8) is 0 Å². The Hall–Kier alpha value is -1.04. The van der Waals surface area contributed by atoms with Crippen LogP contribution in [0.5, 0.6) is 0 Å². The van der Waals surface area contributed by atoms with Crippen molar-refractivity contribution in [2.75, 3.05) is 5.75 Å². The van der Waals surface area contributed by atoms with Crippen LogP contribution in [0.1, 0.15) is 10.4 Å². The van der Waals surface area contributed by atoms with Gasteiger partial charge in [0.1, 0.15) is 6.33 Å². The van der Waals surface area contributed by atoms with E-state index in [1.165, 1.54) is 11.8 Å². The summed E-state index contributed by atoms with van der Waals surface area (Å²) in [4.78, 5) is 12.0. The zero-order valence-electron chi connectivity index (χ0n) is 9.43. The molecule has 0 N–H and O–H groups in total. The van der Waals surface area contributed by atoms with Crippen molar-refractivity contribution < 1.29 is 4.79 Å². The highest BCUT2D eigenvalue weighted by Gasteiger charge is 2.12. The molecule has 18 heavy (non-hydrogen) atoms. The van der Waals surface area contributed by atoms with Crippen molar-refractivity contribution in [2.24, 2.45) is 7.05 Å². The van der Waals surface area contributed by atoms with E-state index in [4.69, 9.17) is 23.2 Å². The van der Waals surface area contributed by atoms with Crippen molar-refractivity contribution in [1.82, 2.24) is 14.8 Å². The molecule has 0 radical (unpaired) electrons. The molecule has 2 aromatic rings. The largest absolute Gasteiger partial charge is 0.312 e. The molecule has 7 heteroatoms. The number of benzene rings is 1. The number of Topliss-reactive ketones (excluding diaryl/α,β-unsaturated/α-hetero) is 1. The quantitative estimate of drug-likeness (QED) is 0.643. The third-order valence-corrected chi connectivity index (χ3v) is 3.82. The molecule has 0 aliphatic heterocycles. The Labute approximate surface area is 118 Å². The Kier molecular flexibility index (Phi) is 4.27. The summed E-state index contributed by atoms with van der Waals surface area (Å²) >= 11 is 13.1. The van der Waals surface area contributed by atoms with Crippen LogP contribution in [0.3, 0.4) is 0 Å². The van der Waals surface area contributed by atoms with Gasteiger partial charge >= 0.3 is 0 Å². The van der Waals surface area contributed by atoms with Gasteiger partial charge in [0, 0.05) is 17.6 Å². The summed E-state index contributed by atoms with van der Waals surface area (Å²) in [5.74, 6) is 0.193.